The number of carbonyl (C=O) groups is 1. The maximum Gasteiger partial charge on any atom is 0.224 e. The van der Waals surface area contributed by atoms with Gasteiger partial charge >= 0.3 is 0 Å². The maximum absolute atomic E-state index is 11.5. The number of piperidine rings is 1. The van der Waals surface area contributed by atoms with E-state index in [-0.39, 0.29) is 11.9 Å². The number of nitrogens with one attached hydrogen (secondary N) is 1. The highest BCUT2D eigenvalue weighted by molar-refractivity contribution is 5.79. The number of likely N-dealkylation sites (tertiary alicyclic amines) is 1. The van der Waals surface area contributed by atoms with Crippen molar-refractivity contribution < 1.29 is 4.79 Å². The third-order valence-electron chi connectivity index (χ3n) is 3.18. The first-order valence-electron chi connectivity index (χ1n) is 5.50. The van der Waals surface area contributed by atoms with E-state index in [1.807, 2.05) is 4.90 Å². The summed E-state index contributed by atoms with van der Waals surface area (Å²) in [6.07, 6.45) is 2.93. The van der Waals surface area contributed by atoms with Gasteiger partial charge in [0.05, 0.1) is 0 Å². The molecule has 0 radical (unpaired) electrons. The third kappa shape index (κ3) is 2.25. The number of nitrogens with zero attached hydrogens (tertiary/aromatic N) is 1. The molecule has 1 amide bonds. The topological polar surface area (TPSA) is 58.4 Å². The molecule has 0 saturated carbocycles. The Balaban J connectivity index is 1.81. The van der Waals surface area contributed by atoms with E-state index in [1.165, 1.54) is 12.8 Å². The van der Waals surface area contributed by atoms with E-state index in [9.17, 15) is 4.79 Å². The van der Waals surface area contributed by atoms with Crippen molar-refractivity contribution in [1.82, 2.24) is 10.2 Å². The molecule has 4 nitrogen and oxygen atoms in total. The van der Waals surface area contributed by atoms with Gasteiger partial charge in [0.1, 0.15) is 0 Å². The molecule has 2 heterocycles. The number of amides is 1. The second-order valence-corrected chi connectivity index (χ2v) is 4.46. The van der Waals surface area contributed by atoms with Crippen molar-refractivity contribution in [2.45, 2.75) is 25.3 Å². The van der Waals surface area contributed by atoms with Gasteiger partial charge in [-0.05, 0) is 31.8 Å². The predicted molar refractivity (Wildman–Crippen MR) is 54.8 cm³/mol. The van der Waals surface area contributed by atoms with Gasteiger partial charge in [-0.2, -0.15) is 0 Å². The molecule has 3 N–H and O–H groups in total. The van der Waals surface area contributed by atoms with Gasteiger partial charge in [0.15, 0.2) is 0 Å². The molecule has 4 heteroatoms. The number of nitrogens with two attached hydrogens (primary N) is 1. The van der Waals surface area contributed by atoms with E-state index in [0.29, 0.717) is 12.3 Å². The van der Waals surface area contributed by atoms with Crippen molar-refractivity contribution in [2.75, 3.05) is 26.2 Å². The van der Waals surface area contributed by atoms with E-state index in [1.54, 1.807) is 0 Å². The van der Waals surface area contributed by atoms with Crippen molar-refractivity contribution in [3.8, 4) is 0 Å². The number of carbonyl (C=O) groups excluding carboxylic acids is 1. The highest BCUT2D eigenvalue weighted by Crippen LogP contribution is 2.17. The molecule has 0 aromatic rings. The standard InChI is InChI=1S/C10H19N3O/c11-9-5-10(14)13(7-9)6-8-1-3-12-4-2-8/h8-9,12H,1-7,11H2. The van der Waals surface area contributed by atoms with Crippen LogP contribution in [0.1, 0.15) is 19.3 Å². The van der Waals surface area contributed by atoms with Crippen LogP contribution in [0.25, 0.3) is 0 Å². The Morgan fingerprint density at radius 3 is 2.71 bits per heavy atom. The number of hydrogen-bond donors (Lipinski definition) is 2. The molecule has 2 aliphatic heterocycles. The van der Waals surface area contributed by atoms with E-state index in [2.05, 4.69) is 5.32 Å². The minimum atomic E-state index is 0.0733. The maximum atomic E-state index is 11.5. The van der Waals surface area contributed by atoms with Crippen molar-refractivity contribution in [1.29, 1.82) is 0 Å². The van der Waals surface area contributed by atoms with Gasteiger partial charge in [0.2, 0.25) is 5.91 Å². The Bertz CT molecular complexity index is 213. The first-order chi connectivity index (χ1) is 6.75. The van der Waals surface area contributed by atoms with Gasteiger partial charge in [-0.3, -0.25) is 4.79 Å². The van der Waals surface area contributed by atoms with Gasteiger partial charge in [-0.15, -0.1) is 0 Å². The lowest BCUT2D eigenvalue weighted by atomic mass is 9.98. The van der Waals surface area contributed by atoms with Crippen LogP contribution < -0.4 is 11.1 Å². The second kappa shape index (κ2) is 4.28. The number of rotatable bonds is 2. The predicted octanol–water partition coefficient (Wildman–Crippen LogP) is -0.454. The van der Waals surface area contributed by atoms with E-state index >= 15 is 0 Å². The molecular weight excluding hydrogens is 178 g/mol. The Hall–Kier alpha value is -0.610. The monoisotopic (exact) mass is 197 g/mol. The number of hydrogen-bond acceptors (Lipinski definition) is 3. The van der Waals surface area contributed by atoms with Crippen molar-refractivity contribution in [2.24, 2.45) is 11.7 Å². The average molecular weight is 197 g/mol. The van der Waals surface area contributed by atoms with Crippen LogP contribution in [0.5, 0.6) is 0 Å². The molecule has 1 atom stereocenters. The van der Waals surface area contributed by atoms with Crippen LogP contribution in [-0.4, -0.2) is 43.0 Å². The lowest BCUT2D eigenvalue weighted by Gasteiger charge is -2.27. The summed E-state index contributed by atoms with van der Waals surface area (Å²) in [5.41, 5.74) is 5.75. The fraction of sp³-hybridized carbons (Fsp3) is 0.900. The molecule has 2 rings (SSSR count). The van der Waals surface area contributed by atoms with Crippen LogP contribution >= 0.6 is 0 Å². The summed E-state index contributed by atoms with van der Waals surface area (Å²) in [5, 5.41) is 3.33. The van der Waals surface area contributed by atoms with Gasteiger partial charge in [-0.1, -0.05) is 0 Å². The first-order valence-corrected chi connectivity index (χ1v) is 5.50. The van der Waals surface area contributed by atoms with Gasteiger partial charge in [0, 0.05) is 25.6 Å². The zero-order valence-electron chi connectivity index (χ0n) is 8.54. The highest BCUT2D eigenvalue weighted by Gasteiger charge is 2.28. The summed E-state index contributed by atoms with van der Waals surface area (Å²) in [5.74, 6) is 0.932. The smallest absolute Gasteiger partial charge is 0.224 e. The zero-order valence-corrected chi connectivity index (χ0v) is 8.54. The Labute approximate surface area is 84.8 Å². The largest absolute Gasteiger partial charge is 0.341 e. The molecule has 0 spiro atoms. The Morgan fingerprint density at radius 2 is 2.14 bits per heavy atom. The molecule has 2 saturated heterocycles. The van der Waals surface area contributed by atoms with E-state index < -0.39 is 0 Å². The van der Waals surface area contributed by atoms with Crippen molar-refractivity contribution in [3.63, 3.8) is 0 Å². The highest BCUT2D eigenvalue weighted by atomic mass is 16.2. The van der Waals surface area contributed by atoms with Gasteiger partial charge in [-0.25, -0.2) is 0 Å². The SMILES string of the molecule is NC1CC(=O)N(CC2CCNCC2)C1. The first kappa shape index (κ1) is 9.93. The Morgan fingerprint density at radius 1 is 1.43 bits per heavy atom. The summed E-state index contributed by atoms with van der Waals surface area (Å²) in [6, 6.07) is 0.0733. The summed E-state index contributed by atoms with van der Waals surface area (Å²) in [6.45, 7) is 3.88. The van der Waals surface area contributed by atoms with Gasteiger partial charge in [0.25, 0.3) is 0 Å². The van der Waals surface area contributed by atoms with E-state index in [4.69, 9.17) is 5.73 Å². The zero-order chi connectivity index (χ0) is 9.97. The molecule has 0 aliphatic carbocycles. The normalized spacial score (nSPS) is 29.9. The molecule has 0 aromatic heterocycles. The summed E-state index contributed by atoms with van der Waals surface area (Å²) in [7, 11) is 0. The molecule has 0 bridgehead atoms. The molecular formula is C10H19N3O. The fourth-order valence-corrected chi connectivity index (χ4v) is 2.36. The van der Waals surface area contributed by atoms with Gasteiger partial charge < -0.3 is 16.0 Å². The van der Waals surface area contributed by atoms with Crippen LogP contribution in [0.4, 0.5) is 0 Å². The van der Waals surface area contributed by atoms with Crippen LogP contribution in [0.2, 0.25) is 0 Å². The summed E-state index contributed by atoms with van der Waals surface area (Å²) in [4.78, 5) is 13.4. The van der Waals surface area contributed by atoms with Crippen LogP contribution in [0, 0.1) is 5.92 Å². The van der Waals surface area contributed by atoms with E-state index in [0.717, 1.165) is 26.2 Å². The minimum absolute atomic E-state index is 0.0733. The molecule has 14 heavy (non-hydrogen) atoms. The lowest BCUT2D eigenvalue weighted by Crippen LogP contribution is -2.37. The average Bonchev–Trinajstić information content (AvgIpc) is 2.47. The van der Waals surface area contributed by atoms with Crippen LogP contribution in [0.15, 0.2) is 0 Å². The van der Waals surface area contributed by atoms with Crippen LogP contribution in [0.3, 0.4) is 0 Å². The fourth-order valence-electron chi connectivity index (χ4n) is 2.36. The summed E-state index contributed by atoms with van der Waals surface area (Å²) < 4.78 is 0. The quantitative estimate of drug-likeness (QED) is 0.630. The Kier molecular flexibility index (Phi) is 3.03. The second-order valence-electron chi connectivity index (χ2n) is 4.46. The molecule has 2 fully saturated rings. The van der Waals surface area contributed by atoms with Crippen molar-refractivity contribution >= 4 is 5.91 Å². The summed E-state index contributed by atoms with van der Waals surface area (Å²) >= 11 is 0. The molecule has 2 aliphatic rings. The molecule has 1 unspecified atom stereocenters. The lowest BCUT2D eigenvalue weighted by molar-refractivity contribution is -0.128. The van der Waals surface area contributed by atoms with Crippen LogP contribution in [-0.2, 0) is 4.79 Å². The molecule has 80 valence electrons. The minimum Gasteiger partial charge on any atom is -0.341 e. The third-order valence-corrected chi connectivity index (χ3v) is 3.18. The molecule has 0 aromatic carbocycles. The van der Waals surface area contributed by atoms with Crippen molar-refractivity contribution in [3.05, 3.63) is 0 Å².